The van der Waals surface area contributed by atoms with E-state index in [2.05, 4.69) is 20.5 Å². The van der Waals surface area contributed by atoms with Gasteiger partial charge in [-0.2, -0.15) is 13.2 Å². The lowest BCUT2D eigenvalue weighted by Gasteiger charge is -2.27. The van der Waals surface area contributed by atoms with Gasteiger partial charge in [0, 0.05) is 32.7 Å². The first-order valence-electron chi connectivity index (χ1n) is 9.48. The molecule has 10 heteroatoms. The average molecular weight is 515 g/mol. The van der Waals surface area contributed by atoms with Crippen LogP contribution in [0, 0.1) is 0 Å². The van der Waals surface area contributed by atoms with Crippen molar-refractivity contribution in [2.24, 2.45) is 4.99 Å². The van der Waals surface area contributed by atoms with Gasteiger partial charge in [0.15, 0.2) is 5.96 Å². The third-order valence-electron chi connectivity index (χ3n) is 5.16. The molecule has 2 atom stereocenters. The lowest BCUT2D eigenvalue weighted by Crippen LogP contribution is -2.47. The molecule has 2 fully saturated rings. The van der Waals surface area contributed by atoms with Gasteiger partial charge in [0.05, 0.1) is 18.8 Å². The van der Waals surface area contributed by atoms with E-state index in [1.807, 2.05) is 12.1 Å². The van der Waals surface area contributed by atoms with Crippen LogP contribution in [-0.4, -0.2) is 74.3 Å². The molecule has 2 N–H and O–H groups in total. The summed E-state index contributed by atoms with van der Waals surface area (Å²) in [7, 11) is 1.68. The molecule has 0 aliphatic carbocycles. The maximum Gasteiger partial charge on any atom is 0.401 e. The summed E-state index contributed by atoms with van der Waals surface area (Å²) in [6.45, 7) is 2.66. The van der Waals surface area contributed by atoms with Gasteiger partial charge in [0.1, 0.15) is 5.76 Å². The molecule has 2 aliphatic heterocycles. The van der Waals surface area contributed by atoms with Crippen LogP contribution in [0.2, 0.25) is 0 Å². The molecule has 28 heavy (non-hydrogen) atoms. The fourth-order valence-corrected chi connectivity index (χ4v) is 3.87. The van der Waals surface area contributed by atoms with E-state index in [1.54, 1.807) is 13.3 Å². The highest BCUT2D eigenvalue weighted by Crippen LogP contribution is 2.25. The lowest BCUT2D eigenvalue weighted by atomic mass is 10.2. The highest BCUT2D eigenvalue weighted by Gasteiger charge is 2.34. The molecule has 0 radical (unpaired) electrons. The Balaban J connectivity index is 0.00000280. The maximum absolute atomic E-state index is 12.5. The molecule has 160 valence electrons. The Hall–Kier alpha value is -1.01. The Kier molecular flexibility index (Phi) is 8.87. The first-order valence-corrected chi connectivity index (χ1v) is 9.48. The van der Waals surface area contributed by atoms with Gasteiger partial charge < -0.3 is 15.1 Å². The topological polar surface area (TPSA) is 56.0 Å². The molecule has 6 nitrogen and oxygen atoms in total. The molecule has 3 heterocycles. The van der Waals surface area contributed by atoms with E-state index >= 15 is 0 Å². The third-order valence-corrected chi connectivity index (χ3v) is 5.16. The van der Waals surface area contributed by atoms with Gasteiger partial charge in [-0.15, -0.1) is 24.0 Å². The summed E-state index contributed by atoms with van der Waals surface area (Å²) < 4.78 is 43.2. The molecule has 2 saturated heterocycles. The smallest absolute Gasteiger partial charge is 0.401 e. The third kappa shape index (κ3) is 6.80. The van der Waals surface area contributed by atoms with Gasteiger partial charge in [-0.1, -0.05) is 0 Å². The molecule has 0 aromatic carbocycles. The minimum atomic E-state index is -4.15. The standard InChI is InChI=1S/C18H28F3N5O.HI/c1-22-17(24-14-6-9-25(12-14)13-18(19,20)21)23-11-15(16-5-4-10-27-16)26-7-2-3-8-26;/h4-5,10,14-15H,2-3,6-9,11-13H2,1H3,(H2,22,23,24);1H. The quantitative estimate of drug-likeness (QED) is 0.347. The fourth-order valence-electron chi connectivity index (χ4n) is 3.87. The molecule has 0 saturated carbocycles. The van der Waals surface area contributed by atoms with E-state index in [1.165, 1.54) is 17.7 Å². The predicted octanol–water partition coefficient (Wildman–Crippen LogP) is 2.84. The van der Waals surface area contributed by atoms with Crippen LogP contribution in [-0.2, 0) is 0 Å². The van der Waals surface area contributed by atoms with E-state index < -0.39 is 12.7 Å². The van der Waals surface area contributed by atoms with Crippen molar-refractivity contribution in [3.8, 4) is 0 Å². The Morgan fingerprint density at radius 2 is 2.07 bits per heavy atom. The summed E-state index contributed by atoms with van der Waals surface area (Å²) in [4.78, 5) is 8.06. The van der Waals surface area contributed by atoms with E-state index in [4.69, 9.17) is 4.42 Å². The number of furan rings is 1. The van der Waals surface area contributed by atoms with Gasteiger partial charge in [-0.05, 0) is 44.5 Å². The minimum Gasteiger partial charge on any atom is -0.468 e. The second-order valence-electron chi connectivity index (χ2n) is 7.21. The molecule has 0 amide bonds. The van der Waals surface area contributed by atoms with E-state index in [0.717, 1.165) is 18.8 Å². The number of hydrogen-bond donors (Lipinski definition) is 2. The second kappa shape index (κ2) is 10.7. The van der Waals surface area contributed by atoms with Crippen molar-refractivity contribution in [3.05, 3.63) is 24.2 Å². The van der Waals surface area contributed by atoms with Crippen LogP contribution >= 0.6 is 24.0 Å². The zero-order chi connectivity index (χ0) is 19.3. The average Bonchev–Trinajstić information content (AvgIpc) is 3.36. The van der Waals surface area contributed by atoms with Crippen molar-refractivity contribution in [1.82, 2.24) is 20.4 Å². The number of likely N-dealkylation sites (tertiary alicyclic amines) is 2. The molecule has 2 aliphatic rings. The van der Waals surface area contributed by atoms with Crippen molar-refractivity contribution in [1.29, 1.82) is 0 Å². The maximum atomic E-state index is 12.5. The number of alkyl halides is 3. The van der Waals surface area contributed by atoms with Gasteiger partial charge in [-0.25, -0.2) is 0 Å². The summed E-state index contributed by atoms with van der Waals surface area (Å²) in [5.41, 5.74) is 0. The predicted molar refractivity (Wildman–Crippen MR) is 113 cm³/mol. The van der Waals surface area contributed by atoms with Crippen LogP contribution in [0.5, 0.6) is 0 Å². The largest absolute Gasteiger partial charge is 0.468 e. The Morgan fingerprint density at radius 3 is 2.68 bits per heavy atom. The minimum absolute atomic E-state index is 0. The number of nitrogens with one attached hydrogen (secondary N) is 2. The number of nitrogens with zero attached hydrogens (tertiary/aromatic N) is 3. The SMILES string of the molecule is CN=C(NCC(c1ccco1)N1CCCC1)NC1CCN(CC(F)(F)F)C1.I. The van der Waals surface area contributed by atoms with Crippen LogP contribution in [0.25, 0.3) is 0 Å². The first kappa shape index (κ1) is 23.3. The van der Waals surface area contributed by atoms with Crippen molar-refractivity contribution in [2.45, 2.75) is 37.5 Å². The van der Waals surface area contributed by atoms with E-state index in [0.29, 0.717) is 32.0 Å². The van der Waals surface area contributed by atoms with Crippen molar-refractivity contribution < 1.29 is 17.6 Å². The molecule has 3 rings (SSSR count). The Bertz CT molecular complexity index is 605. The normalized spacial score (nSPS) is 22.9. The number of guanidine groups is 1. The van der Waals surface area contributed by atoms with Crippen molar-refractivity contribution >= 4 is 29.9 Å². The van der Waals surface area contributed by atoms with Crippen LogP contribution < -0.4 is 10.6 Å². The molecule has 2 unspecified atom stereocenters. The monoisotopic (exact) mass is 515 g/mol. The van der Waals surface area contributed by atoms with Crippen LogP contribution in [0.1, 0.15) is 31.1 Å². The van der Waals surface area contributed by atoms with Crippen LogP contribution in [0.4, 0.5) is 13.2 Å². The van der Waals surface area contributed by atoms with E-state index in [-0.39, 0.29) is 36.1 Å². The summed E-state index contributed by atoms with van der Waals surface area (Å²) in [6.07, 6.45) is 0.563. The van der Waals surface area contributed by atoms with Crippen LogP contribution in [0.15, 0.2) is 27.8 Å². The number of hydrogen-bond acceptors (Lipinski definition) is 4. The first-order chi connectivity index (χ1) is 12.9. The summed E-state index contributed by atoms with van der Waals surface area (Å²) in [5, 5.41) is 6.57. The van der Waals surface area contributed by atoms with Crippen molar-refractivity contribution in [3.63, 3.8) is 0 Å². The number of rotatable bonds is 6. The fraction of sp³-hybridized carbons (Fsp3) is 0.722. The van der Waals surface area contributed by atoms with Gasteiger partial charge in [0.2, 0.25) is 0 Å². The molecule has 1 aromatic heterocycles. The highest BCUT2D eigenvalue weighted by atomic mass is 127. The summed E-state index contributed by atoms with van der Waals surface area (Å²) in [5.74, 6) is 1.53. The van der Waals surface area contributed by atoms with Crippen LogP contribution in [0.3, 0.4) is 0 Å². The Morgan fingerprint density at radius 1 is 1.32 bits per heavy atom. The number of halogens is 4. The molecule has 0 bridgehead atoms. The summed E-state index contributed by atoms with van der Waals surface area (Å²) >= 11 is 0. The molecule has 1 aromatic rings. The van der Waals surface area contributed by atoms with Gasteiger partial charge in [-0.3, -0.25) is 14.8 Å². The zero-order valence-corrected chi connectivity index (χ0v) is 18.4. The number of aliphatic imine (C=N–C) groups is 1. The molecule has 0 spiro atoms. The van der Waals surface area contributed by atoms with E-state index in [9.17, 15) is 13.2 Å². The zero-order valence-electron chi connectivity index (χ0n) is 16.0. The Labute approximate surface area is 180 Å². The van der Waals surface area contributed by atoms with Gasteiger partial charge in [0.25, 0.3) is 0 Å². The molecular weight excluding hydrogens is 486 g/mol. The molecular formula is C18H29F3IN5O. The lowest BCUT2D eigenvalue weighted by molar-refractivity contribution is -0.143. The van der Waals surface area contributed by atoms with Gasteiger partial charge >= 0.3 is 6.18 Å². The summed E-state index contributed by atoms with van der Waals surface area (Å²) in [6, 6.07) is 3.95. The highest BCUT2D eigenvalue weighted by molar-refractivity contribution is 14.0. The second-order valence-corrected chi connectivity index (χ2v) is 7.21. The van der Waals surface area contributed by atoms with Crippen molar-refractivity contribution in [2.75, 3.05) is 46.3 Å².